The highest BCUT2D eigenvalue weighted by Crippen LogP contribution is 2.34. The number of unbranched alkanes of at least 4 members (excludes halogenated alkanes) is 2. The van der Waals surface area contributed by atoms with Crippen LogP contribution in [0, 0.1) is 0 Å². The number of carbonyl (C=O) groups is 1. The van der Waals surface area contributed by atoms with Gasteiger partial charge in [0.05, 0.1) is 4.01 Å². The van der Waals surface area contributed by atoms with E-state index < -0.39 is 0 Å². The fourth-order valence-corrected chi connectivity index (χ4v) is 5.29. The molecule has 1 aromatic carbocycles. The minimum atomic E-state index is -0.260. The second kappa shape index (κ2) is 8.63. The Morgan fingerprint density at radius 2 is 1.76 bits per heavy atom. The summed E-state index contributed by atoms with van der Waals surface area (Å²) in [4.78, 5) is 14.4. The molecular formula is C21H24O2S2. The number of hydrogen-bond acceptors (Lipinski definition) is 4. The average Bonchev–Trinajstić information content (AvgIpc) is 3.15. The number of ether oxygens (including phenoxy) is 1. The van der Waals surface area contributed by atoms with Gasteiger partial charge in [0.2, 0.25) is 0 Å². The van der Waals surface area contributed by atoms with E-state index in [1.165, 1.54) is 45.1 Å². The van der Waals surface area contributed by atoms with Gasteiger partial charge < -0.3 is 4.74 Å². The highest BCUT2D eigenvalue weighted by molar-refractivity contribution is 7.39. The first-order valence-corrected chi connectivity index (χ1v) is 10.7. The summed E-state index contributed by atoms with van der Waals surface area (Å²) in [5, 5.41) is 1.16. The zero-order chi connectivity index (χ0) is 17.6. The number of fused-ring (bicyclic) bond motifs is 1. The predicted molar refractivity (Wildman–Crippen MR) is 108 cm³/mol. The summed E-state index contributed by atoms with van der Waals surface area (Å²) >= 11 is 3.32. The molecule has 25 heavy (non-hydrogen) atoms. The van der Waals surface area contributed by atoms with Crippen LogP contribution in [0.1, 0.15) is 59.6 Å². The first-order chi connectivity index (χ1) is 12.2. The quantitative estimate of drug-likeness (QED) is 0.245. The maximum absolute atomic E-state index is 12.4. The van der Waals surface area contributed by atoms with Crippen LogP contribution in [0.5, 0.6) is 5.75 Å². The summed E-state index contributed by atoms with van der Waals surface area (Å²) in [6, 6.07) is 12.1. The molecule has 2 nitrogen and oxygen atoms in total. The van der Waals surface area contributed by atoms with E-state index in [1.54, 1.807) is 11.3 Å². The summed E-state index contributed by atoms with van der Waals surface area (Å²) in [5.41, 5.74) is 1.30. The molecule has 0 bridgehead atoms. The molecule has 0 spiro atoms. The summed E-state index contributed by atoms with van der Waals surface area (Å²) in [5.74, 6) is 0.358. The molecule has 0 N–H and O–H groups in total. The number of rotatable bonds is 8. The lowest BCUT2D eigenvalue weighted by Crippen LogP contribution is -2.06. The second-order valence-corrected chi connectivity index (χ2v) is 8.75. The van der Waals surface area contributed by atoms with Crippen molar-refractivity contribution in [2.75, 3.05) is 0 Å². The number of aryl methyl sites for hydroxylation is 2. The highest BCUT2D eigenvalue weighted by Gasteiger charge is 2.14. The van der Waals surface area contributed by atoms with E-state index in [0.717, 1.165) is 24.6 Å². The van der Waals surface area contributed by atoms with Gasteiger partial charge in [0.1, 0.15) is 10.6 Å². The van der Waals surface area contributed by atoms with Gasteiger partial charge in [-0.05, 0) is 49.1 Å². The van der Waals surface area contributed by atoms with Crippen molar-refractivity contribution in [1.29, 1.82) is 0 Å². The predicted octanol–water partition coefficient (Wildman–Crippen LogP) is 6.87. The summed E-state index contributed by atoms with van der Waals surface area (Å²) in [6.45, 7) is 4.40. The topological polar surface area (TPSA) is 26.3 Å². The van der Waals surface area contributed by atoms with Gasteiger partial charge in [-0.15, -0.1) is 22.7 Å². The van der Waals surface area contributed by atoms with Crippen molar-refractivity contribution in [3.63, 3.8) is 0 Å². The van der Waals surface area contributed by atoms with Gasteiger partial charge >= 0.3 is 5.97 Å². The van der Waals surface area contributed by atoms with Crippen LogP contribution in [0.25, 0.3) is 9.40 Å². The summed E-state index contributed by atoms with van der Waals surface area (Å²) in [6.07, 6.45) is 7.04. The van der Waals surface area contributed by atoms with E-state index in [4.69, 9.17) is 4.74 Å². The number of benzene rings is 1. The first-order valence-electron chi connectivity index (χ1n) is 9.03. The maximum Gasteiger partial charge on any atom is 0.353 e. The molecule has 0 saturated carbocycles. The Bertz CT molecular complexity index is 796. The Balaban J connectivity index is 1.62. The van der Waals surface area contributed by atoms with Crippen LogP contribution in [-0.2, 0) is 12.8 Å². The number of esters is 1. The normalized spacial score (nSPS) is 11.1. The number of carbonyl (C=O) groups excluding carboxylic acids is 1. The van der Waals surface area contributed by atoms with Gasteiger partial charge in [0, 0.05) is 10.3 Å². The van der Waals surface area contributed by atoms with E-state index in [9.17, 15) is 4.79 Å². The number of thiophene rings is 2. The maximum atomic E-state index is 12.4. The van der Waals surface area contributed by atoms with Crippen molar-refractivity contribution >= 4 is 38.0 Å². The van der Waals surface area contributed by atoms with E-state index in [2.05, 4.69) is 32.0 Å². The molecule has 0 saturated heterocycles. The molecule has 132 valence electrons. The van der Waals surface area contributed by atoms with Crippen molar-refractivity contribution in [2.24, 2.45) is 0 Å². The Kier molecular flexibility index (Phi) is 6.27. The molecule has 0 amide bonds. The molecule has 0 aliphatic heterocycles. The Morgan fingerprint density at radius 1 is 0.960 bits per heavy atom. The van der Waals surface area contributed by atoms with Crippen LogP contribution in [-0.4, -0.2) is 5.97 Å². The largest absolute Gasteiger partial charge is 0.422 e. The van der Waals surface area contributed by atoms with Gasteiger partial charge in [-0.25, -0.2) is 4.79 Å². The van der Waals surface area contributed by atoms with E-state index >= 15 is 0 Å². The van der Waals surface area contributed by atoms with Gasteiger partial charge in [-0.1, -0.05) is 45.2 Å². The zero-order valence-electron chi connectivity index (χ0n) is 14.8. The van der Waals surface area contributed by atoms with Crippen LogP contribution >= 0.6 is 22.7 Å². The number of hydrogen-bond donors (Lipinski definition) is 0. The van der Waals surface area contributed by atoms with E-state index in [-0.39, 0.29) is 5.97 Å². The summed E-state index contributed by atoms with van der Waals surface area (Å²) < 4.78 is 6.74. The van der Waals surface area contributed by atoms with Crippen LogP contribution in [0.15, 0.2) is 36.4 Å². The first kappa shape index (κ1) is 18.2. The lowest BCUT2D eigenvalue weighted by Gasteiger charge is -2.04. The molecule has 3 aromatic rings. The minimum absolute atomic E-state index is 0.260. The van der Waals surface area contributed by atoms with E-state index in [1.807, 2.05) is 18.2 Å². The summed E-state index contributed by atoms with van der Waals surface area (Å²) in [7, 11) is 0. The van der Waals surface area contributed by atoms with Crippen LogP contribution in [0.4, 0.5) is 0 Å². The Morgan fingerprint density at radius 3 is 2.44 bits per heavy atom. The van der Waals surface area contributed by atoms with Gasteiger partial charge in [0.25, 0.3) is 0 Å². The smallest absolute Gasteiger partial charge is 0.353 e. The second-order valence-electron chi connectivity index (χ2n) is 6.31. The molecular weight excluding hydrogens is 348 g/mol. The van der Waals surface area contributed by atoms with Crippen molar-refractivity contribution in [3.05, 3.63) is 51.7 Å². The lowest BCUT2D eigenvalue weighted by molar-refractivity contribution is 0.0740. The Labute approximate surface area is 157 Å². The molecule has 0 unspecified atom stereocenters. The van der Waals surface area contributed by atoms with Crippen molar-refractivity contribution in [2.45, 2.75) is 52.4 Å². The van der Waals surface area contributed by atoms with Crippen LogP contribution in [0.2, 0.25) is 0 Å². The molecule has 0 radical (unpaired) electrons. The molecule has 0 aliphatic carbocycles. The molecule has 3 rings (SSSR count). The Hall–Kier alpha value is -1.65. The van der Waals surface area contributed by atoms with Gasteiger partial charge in [-0.3, -0.25) is 0 Å². The molecule has 0 atom stereocenters. The minimum Gasteiger partial charge on any atom is -0.422 e. The van der Waals surface area contributed by atoms with Crippen LogP contribution in [0.3, 0.4) is 0 Å². The van der Waals surface area contributed by atoms with Crippen molar-refractivity contribution < 1.29 is 9.53 Å². The molecule has 0 aliphatic rings. The third-order valence-corrected chi connectivity index (χ3v) is 6.60. The molecule has 2 heterocycles. The monoisotopic (exact) mass is 372 g/mol. The molecule has 2 aromatic heterocycles. The third-order valence-electron chi connectivity index (χ3n) is 4.17. The zero-order valence-corrected chi connectivity index (χ0v) is 16.5. The fraction of sp³-hybridized carbons (Fsp3) is 0.381. The van der Waals surface area contributed by atoms with Crippen LogP contribution < -0.4 is 4.74 Å². The van der Waals surface area contributed by atoms with Gasteiger partial charge in [0.15, 0.2) is 0 Å². The van der Waals surface area contributed by atoms with Gasteiger partial charge in [-0.2, -0.15) is 0 Å². The third kappa shape index (κ3) is 4.71. The van der Waals surface area contributed by atoms with Crippen molar-refractivity contribution in [1.82, 2.24) is 0 Å². The van der Waals surface area contributed by atoms with Crippen molar-refractivity contribution in [3.8, 4) is 5.75 Å². The average molecular weight is 373 g/mol. The van der Waals surface area contributed by atoms with E-state index in [0.29, 0.717) is 10.6 Å². The molecule has 4 heteroatoms. The SMILES string of the molecule is CCCCCc1ccc(OC(=O)c2cc3cc(CCC)sc3s2)cc1. The fourth-order valence-electron chi connectivity index (χ4n) is 2.82. The lowest BCUT2D eigenvalue weighted by atomic mass is 10.1. The molecule has 0 fully saturated rings. The standard InChI is InChI=1S/C21H24O2S2/c1-3-5-6-8-15-9-11-17(12-10-15)23-20(22)19-14-16-13-18(7-4-2)24-21(16)25-19/h9-14H,3-8H2,1-2H3. The highest BCUT2D eigenvalue weighted by atomic mass is 32.2.